The molecule has 1 N–H and O–H groups in total. The monoisotopic (exact) mass is 291 g/mol. The first-order valence-electron chi connectivity index (χ1n) is 7.08. The molecule has 1 aliphatic carbocycles. The molecule has 0 saturated heterocycles. The zero-order valence-corrected chi connectivity index (χ0v) is 11.5. The van der Waals surface area contributed by atoms with Crippen LogP contribution in [0.15, 0.2) is 24.3 Å². The summed E-state index contributed by atoms with van der Waals surface area (Å²) in [6, 6.07) is 5.82. The number of hydrogen-bond acceptors (Lipinski definition) is 4. The van der Waals surface area contributed by atoms with E-state index in [2.05, 4.69) is 0 Å². The maximum Gasteiger partial charge on any atom is 0.411 e. The fourth-order valence-corrected chi connectivity index (χ4v) is 2.55. The Labute approximate surface area is 122 Å². The van der Waals surface area contributed by atoms with Crippen molar-refractivity contribution in [1.29, 1.82) is 0 Å². The van der Waals surface area contributed by atoms with Gasteiger partial charge in [0.2, 0.25) is 0 Å². The highest BCUT2D eigenvalue weighted by molar-refractivity contribution is 5.82. The van der Waals surface area contributed by atoms with Gasteiger partial charge in [0.1, 0.15) is 18.5 Å². The molecule has 1 aromatic rings. The van der Waals surface area contributed by atoms with Crippen LogP contribution in [0.2, 0.25) is 0 Å². The van der Waals surface area contributed by atoms with Crippen LogP contribution in [0.5, 0.6) is 5.75 Å². The van der Waals surface area contributed by atoms with Crippen molar-refractivity contribution in [1.82, 2.24) is 4.90 Å². The number of hydrogen-bond donors (Lipinski definition) is 1. The quantitative estimate of drug-likeness (QED) is 0.904. The third-order valence-electron chi connectivity index (χ3n) is 3.90. The standard InChI is InChI=1S/C15H17NO5/c17-14(18)13-11-6-1-2-7-12(11)20-9-8-16(13)15(19)21-10-4-3-5-10/h1-2,6-7,10,13H,3-5,8-9H2,(H,17,18). The second-order valence-electron chi connectivity index (χ2n) is 5.26. The van der Waals surface area contributed by atoms with Crippen molar-refractivity contribution in [2.75, 3.05) is 13.2 Å². The van der Waals surface area contributed by atoms with E-state index in [1.807, 2.05) is 0 Å². The van der Waals surface area contributed by atoms with Crippen LogP contribution in [0.4, 0.5) is 4.79 Å². The fourth-order valence-electron chi connectivity index (χ4n) is 2.55. The van der Waals surface area contributed by atoms with Crippen LogP contribution < -0.4 is 4.74 Å². The predicted octanol–water partition coefficient (Wildman–Crippen LogP) is 2.20. The SMILES string of the molecule is O=C(O)C1c2ccccc2OCCN1C(=O)OC1CCC1. The molecule has 1 atom stereocenters. The smallest absolute Gasteiger partial charge is 0.411 e. The van der Waals surface area contributed by atoms with E-state index in [-0.39, 0.29) is 19.3 Å². The Balaban J connectivity index is 1.88. The van der Waals surface area contributed by atoms with Crippen molar-refractivity contribution < 1.29 is 24.2 Å². The summed E-state index contributed by atoms with van der Waals surface area (Å²) >= 11 is 0. The molecule has 0 aromatic heterocycles. The van der Waals surface area contributed by atoms with Crippen LogP contribution in [0, 0.1) is 0 Å². The number of amides is 1. The lowest BCUT2D eigenvalue weighted by atomic mass is 9.96. The number of rotatable bonds is 2. The number of carboxylic acid groups (broad SMARTS) is 1. The summed E-state index contributed by atoms with van der Waals surface area (Å²) in [7, 11) is 0. The van der Waals surface area contributed by atoms with Gasteiger partial charge in [-0.15, -0.1) is 0 Å². The van der Waals surface area contributed by atoms with Crippen LogP contribution in [-0.2, 0) is 9.53 Å². The summed E-state index contributed by atoms with van der Waals surface area (Å²) in [6.45, 7) is 0.442. The van der Waals surface area contributed by atoms with Crippen LogP contribution in [0.25, 0.3) is 0 Å². The molecule has 0 radical (unpaired) electrons. The first-order chi connectivity index (χ1) is 10.2. The van der Waals surface area contributed by atoms with Gasteiger partial charge in [0.15, 0.2) is 6.04 Å². The van der Waals surface area contributed by atoms with Crippen LogP contribution in [-0.4, -0.2) is 41.3 Å². The lowest BCUT2D eigenvalue weighted by molar-refractivity contribution is -0.143. The van der Waals surface area contributed by atoms with E-state index < -0.39 is 18.1 Å². The van der Waals surface area contributed by atoms with Crippen molar-refractivity contribution in [3.05, 3.63) is 29.8 Å². The van der Waals surface area contributed by atoms with E-state index in [0.717, 1.165) is 19.3 Å². The van der Waals surface area contributed by atoms with Gasteiger partial charge in [-0.2, -0.15) is 0 Å². The predicted molar refractivity (Wildman–Crippen MR) is 73.1 cm³/mol. The molecular formula is C15H17NO5. The number of fused-ring (bicyclic) bond motifs is 1. The minimum atomic E-state index is -1.08. The van der Waals surface area contributed by atoms with Crippen molar-refractivity contribution in [3.8, 4) is 5.75 Å². The van der Waals surface area contributed by atoms with Gasteiger partial charge in [-0.3, -0.25) is 4.90 Å². The zero-order valence-electron chi connectivity index (χ0n) is 11.5. The van der Waals surface area contributed by atoms with Gasteiger partial charge in [0.05, 0.1) is 6.54 Å². The number of ether oxygens (including phenoxy) is 2. The number of aliphatic carboxylic acids is 1. The van der Waals surface area contributed by atoms with Crippen molar-refractivity contribution in [2.45, 2.75) is 31.4 Å². The average molecular weight is 291 g/mol. The Morgan fingerprint density at radius 3 is 2.71 bits per heavy atom. The van der Waals surface area contributed by atoms with Crippen molar-refractivity contribution >= 4 is 12.1 Å². The van der Waals surface area contributed by atoms with E-state index in [1.165, 1.54) is 4.90 Å². The second-order valence-corrected chi connectivity index (χ2v) is 5.26. The lowest BCUT2D eigenvalue weighted by Crippen LogP contribution is -2.42. The molecule has 1 aromatic carbocycles. The minimum Gasteiger partial charge on any atom is -0.491 e. The summed E-state index contributed by atoms with van der Waals surface area (Å²) in [5.41, 5.74) is 0.480. The summed E-state index contributed by atoms with van der Waals surface area (Å²) in [4.78, 5) is 25.2. The summed E-state index contributed by atoms with van der Waals surface area (Å²) in [6.07, 6.45) is 2.10. The molecular weight excluding hydrogens is 274 g/mol. The zero-order chi connectivity index (χ0) is 14.8. The van der Waals surface area contributed by atoms with Gasteiger partial charge < -0.3 is 14.6 Å². The molecule has 1 amide bonds. The highest BCUT2D eigenvalue weighted by Crippen LogP contribution is 2.33. The summed E-state index contributed by atoms with van der Waals surface area (Å²) in [5.74, 6) is -0.581. The molecule has 1 heterocycles. The number of carbonyl (C=O) groups is 2. The Morgan fingerprint density at radius 2 is 2.05 bits per heavy atom. The van der Waals surface area contributed by atoms with E-state index in [1.54, 1.807) is 24.3 Å². The molecule has 0 spiro atoms. The van der Waals surface area contributed by atoms with Gasteiger partial charge in [-0.25, -0.2) is 9.59 Å². The Hall–Kier alpha value is -2.24. The number of carboxylic acids is 1. The third-order valence-corrected chi connectivity index (χ3v) is 3.90. The largest absolute Gasteiger partial charge is 0.491 e. The molecule has 6 heteroatoms. The van der Waals surface area contributed by atoms with Crippen molar-refractivity contribution in [3.63, 3.8) is 0 Å². The Morgan fingerprint density at radius 1 is 1.29 bits per heavy atom. The number of benzene rings is 1. The minimum absolute atomic E-state index is 0.0774. The molecule has 3 rings (SSSR count). The molecule has 21 heavy (non-hydrogen) atoms. The normalized spacial score (nSPS) is 21.5. The molecule has 6 nitrogen and oxygen atoms in total. The molecule has 2 aliphatic rings. The fraction of sp³-hybridized carbons (Fsp3) is 0.467. The molecule has 112 valence electrons. The third kappa shape index (κ3) is 2.66. The maximum absolute atomic E-state index is 12.3. The van der Waals surface area contributed by atoms with Crippen LogP contribution >= 0.6 is 0 Å². The number of nitrogens with zero attached hydrogens (tertiary/aromatic N) is 1. The Bertz CT molecular complexity index is 555. The first kappa shape index (κ1) is 13.7. The highest BCUT2D eigenvalue weighted by Gasteiger charge is 2.37. The molecule has 1 aliphatic heterocycles. The van der Waals surface area contributed by atoms with Gasteiger partial charge in [0.25, 0.3) is 0 Å². The highest BCUT2D eigenvalue weighted by atomic mass is 16.6. The number of para-hydroxylation sites is 1. The van der Waals surface area contributed by atoms with Crippen LogP contribution in [0.1, 0.15) is 30.9 Å². The molecule has 0 bridgehead atoms. The van der Waals surface area contributed by atoms with E-state index in [0.29, 0.717) is 11.3 Å². The van der Waals surface area contributed by atoms with Gasteiger partial charge >= 0.3 is 12.1 Å². The number of carbonyl (C=O) groups excluding carboxylic acids is 1. The topological polar surface area (TPSA) is 76.1 Å². The average Bonchev–Trinajstić information content (AvgIpc) is 2.61. The van der Waals surface area contributed by atoms with Gasteiger partial charge in [-0.05, 0) is 25.3 Å². The molecule has 1 unspecified atom stereocenters. The summed E-state index contributed by atoms with van der Waals surface area (Å²) < 4.78 is 10.9. The van der Waals surface area contributed by atoms with Crippen LogP contribution in [0.3, 0.4) is 0 Å². The van der Waals surface area contributed by atoms with Crippen molar-refractivity contribution in [2.24, 2.45) is 0 Å². The maximum atomic E-state index is 12.3. The lowest BCUT2D eigenvalue weighted by Gasteiger charge is -2.31. The first-order valence-corrected chi connectivity index (χ1v) is 7.08. The Kier molecular flexibility index (Phi) is 3.68. The van der Waals surface area contributed by atoms with Gasteiger partial charge in [-0.1, -0.05) is 18.2 Å². The van der Waals surface area contributed by atoms with Gasteiger partial charge in [0, 0.05) is 5.56 Å². The molecule has 1 saturated carbocycles. The molecule has 1 fully saturated rings. The second kappa shape index (κ2) is 5.63. The van der Waals surface area contributed by atoms with E-state index >= 15 is 0 Å². The van der Waals surface area contributed by atoms with E-state index in [9.17, 15) is 14.7 Å². The van der Waals surface area contributed by atoms with E-state index in [4.69, 9.17) is 9.47 Å². The summed E-state index contributed by atoms with van der Waals surface area (Å²) in [5, 5.41) is 9.53.